The number of aryl methyl sites for hydroxylation is 1. The number of hydrogen-bond acceptors (Lipinski definition) is 8. The highest BCUT2D eigenvalue weighted by atomic mass is 32.2. The van der Waals surface area contributed by atoms with Gasteiger partial charge < -0.3 is 5.32 Å². The lowest BCUT2D eigenvalue weighted by molar-refractivity contribution is 0.0950. The molecule has 6 nitrogen and oxygen atoms in total. The number of aromatic nitrogens is 4. The van der Waals surface area contributed by atoms with Crippen LogP contribution in [0.25, 0.3) is 0 Å². The summed E-state index contributed by atoms with van der Waals surface area (Å²) in [7, 11) is 0. The summed E-state index contributed by atoms with van der Waals surface area (Å²) in [6, 6.07) is 5.97. The van der Waals surface area contributed by atoms with E-state index in [1.54, 1.807) is 12.1 Å². The maximum Gasteiger partial charge on any atom is 0.282 e. The van der Waals surface area contributed by atoms with Crippen molar-refractivity contribution in [3.8, 4) is 0 Å². The molecule has 10 heteroatoms. The first kappa shape index (κ1) is 16.9. The summed E-state index contributed by atoms with van der Waals surface area (Å²) >= 11 is 4.28. The lowest BCUT2D eigenvalue weighted by atomic mass is 10.2. The van der Waals surface area contributed by atoms with E-state index in [4.69, 9.17) is 0 Å². The van der Waals surface area contributed by atoms with E-state index in [1.165, 1.54) is 46.6 Å². The van der Waals surface area contributed by atoms with E-state index in [-0.39, 0.29) is 11.7 Å². The normalized spacial score (nSPS) is 10.8. The molecule has 0 unspecified atom stereocenters. The van der Waals surface area contributed by atoms with Crippen molar-refractivity contribution in [3.05, 3.63) is 50.7 Å². The van der Waals surface area contributed by atoms with Gasteiger partial charge in [0.1, 0.15) is 15.8 Å². The molecule has 1 amide bonds. The summed E-state index contributed by atoms with van der Waals surface area (Å²) in [6.07, 6.45) is 0. The van der Waals surface area contributed by atoms with Crippen molar-refractivity contribution in [2.24, 2.45) is 0 Å². The molecule has 1 N–H and O–H groups in total. The van der Waals surface area contributed by atoms with Crippen LogP contribution in [0.5, 0.6) is 0 Å². The molecular formula is C14H12FN5OS3. The van der Waals surface area contributed by atoms with E-state index in [9.17, 15) is 9.18 Å². The molecule has 2 heterocycles. The number of nitrogens with one attached hydrogen (secondary N) is 1. The third kappa shape index (κ3) is 4.56. The molecule has 0 radical (unpaired) electrons. The zero-order valence-electron chi connectivity index (χ0n) is 12.5. The molecule has 0 bridgehead atoms. The third-order valence-corrected chi connectivity index (χ3v) is 5.94. The zero-order valence-corrected chi connectivity index (χ0v) is 15.0. The van der Waals surface area contributed by atoms with Gasteiger partial charge in [-0.1, -0.05) is 46.6 Å². The van der Waals surface area contributed by atoms with Crippen LogP contribution >= 0.6 is 34.4 Å². The van der Waals surface area contributed by atoms with E-state index in [2.05, 4.69) is 25.7 Å². The molecule has 24 heavy (non-hydrogen) atoms. The number of halogens is 1. The van der Waals surface area contributed by atoms with Crippen LogP contribution < -0.4 is 5.32 Å². The van der Waals surface area contributed by atoms with Gasteiger partial charge in [-0.3, -0.25) is 4.79 Å². The molecule has 0 atom stereocenters. The Morgan fingerprint density at radius 1 is 1.17 bits per heavy atom. The first-order valence-electron chi connectivity index (χ1n) is 6.88. The van der Waals surface area contributed by atoms with E-state index >= 15 is 0 Å². The van der Waals surface area contributed by atoms with Crippen LogP contribution in [0.3, 0.4) is 0 Å². The van der Waals surface area contributed by atoms with Crippen LogP contribution in [0.4, 0.5) is 4.39 Å². The van der Waals surface area contributed by atoms with Gasteiger partial charge in [0.2, 0.25) is 5.01 Å². The van der Waals surface area contributed by atoms with Gasteiger partial charge >= 0.3 is 0 Å². The predicted octanol–water partition coefficient (Wildman–Crippen LogP) is 3.06. The van der Waals surface area contributed by atoms with Gasteiger partial charge in [0.15, 0.2) is 4.34 Å². The Morgan fingerprint density at radius 2 is 1.96 bits per heavy atom. The minimum absolute atomic E-state index is 0.292. The second-order valence-electron chi connectivity index (χ2n) is 4.69. The van der Waals surface area contributed by atoms with Crippen molar-refractivity contribution in [1.29, 1.82) is 0 Å². The second-order valence-corrected chi connectivity index (χ2v) is 8.15. The fraction of sp³-hybridized carbons (Fsp3) is 0.214. The summed E-state index contributed by atoms with van der Waals surface area (Å²) in [5.41, 5.74) is 0.816. The van der Waals surface area contributed by atoms with Crippen molar-refractivity contribution >= 4 is 40.3 Å². The lowest BCUT2D eigenvalue weighted by Crippen LogP contribution is -2.22. The fourth-order valence-corrected chi connectivity index (χ4v) is 4.28. The number of carbonyl (C=O) groups excluding carboxylic acids is 1. The number of benzene rings is 1. The van der Waals surface area contributed by atoms with E-state index in [1.807, 2.05) is 6.92 Å². The molecule has 0 saturated carbocycles. The summed E-state index contributed by atoms with van der Waals surface area (Å²) in [5.74, 6) is -0.000771. The van der Waals surface area contributed by atoms with Crippen LogP contribution in [0.2, 0.25) is 0 Å². The van der Waals surface area contributed by atoms with E-state index in [0.29, 0.717) is 17.3 Å². The summed E-state index contributed by atoms with van der Waals surface area (Å²) in [4.78, 5) is 12.1. The number of rotatable bonds is 6. The molecular weight excluding hydrogens is 369 g/mol. The van der Waals surface area contributed by atoms with Gasteiger partial charge in [0.05, 0.1) is 5.75 Å². The van der Waals surface area contributed by atoms with E-state index < -0.39 is 0 Å². The SMILES string of the molecule is Cc1nnc(SCc2nnc(C(=O)NCc3ccc(F)cc3)s2)s1. The summed E-state index contributed by atoms with van der Waals surface area (Å²) in [6.45, 7) is 2.21. The zero-order chi connectivity index (χ0) is 16.9. The highest BCUT2D eigenvalue weighted by molar-refractivity contribution is 8.00. The topological polar surface area (TPSA) is 80.7 Å². The Kier molecular flexibility index (Phi) is 5.48. The fourth-order valence-electron chi connectivity index (χ4n) is 1.72. The monoisotopic (exact) mass is 381 g/mol. The van der Waals surface area contributed by atoms with E-state index in [0.717, 1.165) is 19.9 Å². The molecule has 0 aliphatic heterocycles. The first-order chi connectivity index (χ1) is 11.6. The third-order valence-electron chi connectivity index (χ3n) is 2.85. The number of hydrogen-bond donors (Lipinski definition) is 1. The van der Waals surface area contributed by atoms with Crippen molar-refractivity contribution in [2.75, 3.05) is 0 Å². The standard InChI is InChI=1S/C14H12FN5OS3/c1-8-17-20-14(23-8)22-7-11-18-19-13(24-11)12(21)16-6-9-2-4-10(15)5-3-9/h2-5H,6-7H2,1H3,(H,16,21). The molecule has 2 aromatic heterocycles. The maximum atomic E-state index is 12.8. The van der Waals surface area contributed by atoms with Crippen LogP contribution in [0, 0.1) is 12.7 Å². The minimum atomic E-state index is -0.304. The molecule has 0 fully saturated rings. The maximum absolute atomic E-state index is 12.8. The molecule has 124 valence electrons. The Hall–Kier alpha value is -1.91. The van der Waals surface area contributed by atoms with Crippen molar-refractivity contribution in [3.63, 3.8) is 0 Å². The Balaban J connectivity index is 1.52. The van der Waals surface area contributed by atoms with Crippen LogP contribution in [-0.2, 0) is 12.3 Å². The number of nitrogens with zero attached hydrogens (tertiary/aromatic N) is 4. The predicted molar refractivity (Wildman–Crippen MR) is 91.7 cm³/mol. The summed E-state index contributed by atoms with van der Waals surface area (Å²) < 4.78 is 13.7. The highest BCUT2D eigenvalue weighted by Gasteiger charge is 2.13. The van der Waals surface area contributed by atoms with Gasteiger partial charge in [0.25, 0.3) is 5.91 Å². The Morgan fingerprint density at radius 3 is 2.67 bits per heavy atom. The molecule has 0 spiro atoms. The van der Waals surface area contributed by atoms with Gasteiger partial charge in [-0.25, -0.2) is 4.39 Å². The second kappa shape index (κ2) is 7.77. The average Bonchev–Trinajstić information content (AvgIpc) is 3.21. The quantitative estimate of drug-likeness (QED) is 0.661. The van der Waals surface area contributed by atoms with Gasteiger partial charge in [-0.15, -0.1) is 20.4 Å². The largest absolute Gasteiger partial charge is 0.346 e. The highest BCUT2D eigenvalue weighted by Crippen LogP contribution is 2.26. The minimum Gasteiger partial charge on any atom is -0.346 e. The van der Waals surface area contributed by atoms with Crippen molar-refractivity contribution in [1.82, 2.24) is 25.7 Å². The van der Waals surface area contributed by atoms with Gasteiger partial charge in [-0.2, -0.15) is 0 Å². The number of amides is 1. The number of thioether (sulfide) groups is 1. The number of carbonyl (C=O) groups is 1. The first-order valence-corrected chi connectivity index (χ1v) is 9.50. The summed E-state index contributed by atoms with van der Waals surface area (Å²) in [5, 5.41) is 20.6. The molecule has 0 aliphatic rings. The van der Waals surface area contributed by atoms with Crippen LogP contribution in [0.15, 0.2) is 28.6 Å². The van der Waals surface area contributed by atoms with Crippen molar-refractivity contribution < 1.29 is 9.18 Å². The van der Waals surface area contributed by atoms with Crippen molar-refractivity contribution in [2.45, 2.75) is 23.6 Å². The Labute approximate surface area is 149 Å². The molecule has 3 rings (SSSR count). The molecule has 0 aliphatic carbocycles. The smallest absolute Gasteiger partial charge is 0.282 e. The van der Waals surface area contributed by atoms with Gasteiger partial charge in [-0.05, 0) is 24.6 Å². The molecule has 1 aromatic carbocycles. The average molecular weight is 381 g/mol. The Bertz CT molecular complexity index is 833. The van der Waals surface area contributed by atoms with Gasteiger partial charge in [0, 0.05) is 6.54 Å². The molecule has 3 aromatic rings. The van der Waals surface area contributed by atoms with Crippen LogP contribution in [-0.4, -0.2) is 26.3 Å². The lowest BCUT2D eigenvalue weighted by Gasteiger charge is -2.02. The van der Waals surface area contributed by atoms with Crippen LogP contribution in [0.1, 0.15) is 25.4 Å². The molecule has 0 saturated heterocycles.